The predicted molar refractivity (Wildman–Crippen MR) is 92.3 cm³/mol. The molecular formula is C20H24O3. The zero-order valence-corrected chi connectivity index (χ0v) is 13.9. The number of rotatable bonds is 8. The monoisotopic (exact) mass is 312 g/mol. The summed E-state index contributed by atoms with van der Waals surface area (Å²) in [5.41, 5.74) is 1.02. The van der Waals surface area contributed by atoms with Gasteiger partial charge < -0.3 is 4.74 Å². The van der Waals surface area contributed by atoms with Crippen LogP contribution in [-0.4, -0.2) is 18.9 Å². The van der Waals surface area contributed by atoms with Crippen LogP contribution in [0.1, 0.15) is 38.2 Å². The standard InChI is InChI=1S/C20H24O3/c1-3-4-5-13-19(21)18(20(22)23-2)14-16-11-8-10-15-9-6-7-12-17(15)16/h6-12,18H,3-5,13-14H2,1-2H3. The van der Waals surface area contributed by atoms with Crippen molar-refractivity contribution in [3.05, 3.63) is 48.0 Å². The molecule has 2 rings (SSSR count). The van der Waals surface area contributed by atoms with Crippen molar-refractivity contribution in [2.45, 2.75) is 39.0 Å². The molecule has 122 valence electrons. The molecule has 3 heteroatoms. The lowest BCUT2D eigenvalue weighted by molar-refractivity contribution is -0.149. The lowest BCUT2D eigenvalue weighted by atomic mass is 9.90. The smallest absolute Gasteiger partial charge is 0.316 e. The summed E-state index contributed by atoms with van der Waals surface area (Å²) < 4.78 is 4.86. The predicted octanol–water partition coefficient (Wildman–Crippen LogP) is 4.32. The van der Waals surface area contributed by atoms with E-state index in [1.54, 1.807) is 0 Å². The first-order valence-corrected chi connectivity index (χ1v) is 8.24. The highest BCUT2D eigenvalue weighted by Crippen LogP contribution is 2.23. The van der Waals surface area contributed by atoms with Gasteiger partial charge in [0.1, 0.15) is 11.7 Å². The largest absolute Gasteiger partial charge is 0.468 e. The Morgan fingerprint density at radius 1 is 1.04 bits per heavy atom. The number of unbranched alkanes of at least 4 members (excludes halogenated alkanes) is 2. The summed E-state index contributed by atoms with van der Waals surface area (Å²) in [6, 6.07) is 14.0. The van der Waals surface area contributed by atoms with Crippen LogP contribution in [0.4, 0.5) is 0 Å². The number of ether oxygens (including phenoxy) is 1. The maximum Gasteiger partial charge on any atom is 0.316 e. The van der Waals surface area contributed by atoms with E-state index in [1.165, 1.54) is 7.11 Å². The molecule has 0 fully saturated rings. The van der Waals surface area contributed by atoms with Crippen molar-refractivity contribution >= 4 is 22.5 Å². The van der Waals surface area contributed by atoms with Gasteiger partial charge in [-0.3, -0.25) is 9.59 Å². The van der Waals surface area contributed by atoms with Gasteiger partial charge in [0.2, 0.25) is 0 Å². The summed E-state index contributed by atoms with van der Waals surface area (Å²) in [7, 11) is 1.34. The van der Waals surface area contributed by atoms with Crippen molar-refractivity contribution in [3.63, 3.8) is 0 Å². The molecule has 0 spiro atoms. The highest BCUT2D eigenvalue weighted by molar-refractivity contribution is 5.99. The van der Waals surface area contributed by atoms with E-state index in [0.717, 1.165) is 35.6 Å². The SMILES string of the molecule is CCCCCC(=O)C(Cc1cccc2ccccc12)C(=O)OC. The molecule has 0 aliphatic heterocycles. The van der Waals surface area contributed by atoms with Crippen molar-refractivity contribution in [1.82, 2.24) is 0 Å². The van der Waals surface area contributed by atoms with Crippen LogP contribution in [0.15, 0.2) is 42.5 Å². The summed E-state index contributed by atoms with van der Waals surface area (Å²) in [5, 5.41) is 2.21. The zero-order chi connectivity index (χ0) is 16.7. The highest BCUT2D eigenvalue weighted by atomic mass is 16.5. The van der Waals surface area contributed by atoms with Crippen LogP contribution in [0.5, 0.6) is 0 Å². The fraction of sp³-hybridized carbons (Fsp3) is 0.400. The van der Waals surface area contributed by atoms with Gasteiger partial charge in [0.05, 0.1) is 7.11 Å². The van der Waals surface area contributed by atoms with E-state index in [4.69, 9.17) is 4.74 Å². The van der Waals surface area contributed by atoms with Crippen molar-refractivity contribution in [2.24, 2.45) is 5.92 Å². The van der Waals surface area contributed by atoms with Gasteiger partial charge in [0.15, 0.2) is 0 Å². The molecule has 0 aromatic heterocycles. The number of fused-ring (bicyclic) bond motifs is 1. The van der Waals surface area contributed by atoms with Crippen LogP contribution in [0.2, 0.25) is 0 Å². The summed E-state index contributed by atoms with van der Waals surface area (Å²) in [4.78, 5) is 24.5. The number of esters is 1. The van der Waals surface area contributed by atoms with Gasteiger partial charge in [-0.05, 0) is 29.2 Å². The number of benzene rings is 2. The fourth-order valence-corrected chi connectivity index (χ4v) is 2.88. The van der Waals surface area contributed by atoms with Crippen molar-refractivity contribution in [2.75, 3.05) is 7.11 Å². The van der Waals surface area contributed by atoms with Crippen LogP contribution in [0.25, 0.3) is 10.8 Å². The minimum absolute atomic E-state index is 0.0155. The average molecular weight is 312 g/mol. The van der Waals surface area contributed by atoms with Gasteiger partial charge in [0, 0.05) is 6.42 Å². The minimum atomic E-state index is -0.706. The van der Waals surface area contributed by atoms with Gasteiger partial charge in [-0.25, -0.2) is 0 Å². The van der Waals surface area contributed by atoms with Gasteiger partial charge in [-0.1, -0.05) is 62.2 Å². The molecule has 2 aromatic rings. The lowest BCUT2D eigenvalue weighted by Crippen LogP contribution is -2.27. The Morgan fingerprint density at radius 3 is 2.52 bits per heavy atom. The van der Waals surface area contributed by atoms with Crippen molar-refractivity contribution in [1.29, 1.82) is 0 Å². The number of carbonyl (C=O) groups excluding carboxylic acids is 2. The molecule has 1 unspecified atom stereocenters. The van der Waals surface area contributed by atoms with E-state index in [9.17, 15) is 9.59 Å². The van der Waals surface area contributed by atoms with E-state index < -0.39 is 11.9 Å². The second kappa shape index (κ2) is 8.47. The first-order chi connectivity index (χ1) is 11.2. The maximum absolute atomic E-state index is 12.5. The molecule has 0 radical (unpaired) electrons. The molecular weight excluding hydrogens is 288 g/mol. The van der Waals surface area contributed by atoms with Crippen molar-refractivity contribution in [3.8, 4) is 0 Å². The summed E-state index contributed by atoms with van der Waals surface area (Å²) in [5.74, 6) is -1.15. The second-order valence-corrected chi connectivity index (χ2v) is 5.84. The normalized spacial score (nSPS) is 12.1. The Morgan fingerprint density at radius 2 is 1.78 bits per heavy atom. The Kier molecular flexibility index (Phi) is 6.33. The lowest BCUT2D eigenvalue weighted by Gasteiger charge is -2.15. The van der Waals surface area contributed by atoms with Gasteiger partial charge in [-0.2, -0.15) is 0 Å². The average Bonchev–Trinajstić information content (AvgIpc) is 2.59. The topological polar surface area (TPSA) is 43.4 Å². The summed E-state index contributed by atoms with van der Waals surface area (Å²) >= 11 is 0. The van der Waals surface area contributed by atoms with Crippen LogP contribution < -0.4 is 0 Å². The third-order valence-corrected chi connectivity index (χ3v) is 4.21. The summed E-state index contributed by atoms with van der Waals surface area (Å²) in [6.45, 7) is 2.10. The molecule has 0 N–H and O–H groups in total. The Hall–Kier alpha value is -2.16. The van der Waals surface area contributed by atoms with Crippen LogP contribution in [0.3, 0.4) is 0 Å². The maximum atomic E-state index is 12.5. The highest BCUT2D eigenvalue weighted by Gasteiger charge is 2.27. The Bertz CT molecular complexity index is 670. The molecule has 3 nitrogen and oxygen atoms in total. The quantitative estimate of drug-likeness (QED) is 0.414. The molecule has 23 heavy (non-hydrogen) atoms. The number of hydrogen-bond acceptors (Lipinski definition) is 3. The van der Waals surface area contributed by atoms with Gasteiger partial charge >= 0.3 is 5.97 Å². The van der Waals surface area contributed by atoms with Crippen LogP contribution in [-0.2, 0) is 20.7 Å². The number of Topliss-reactive ketones (excluding diaryl/α,β-unsaturated/α-hetero) is 1. The summed E-state index contributed by atoms with van der Waals surface area (Å²) in [6.07, 6.45) is 3.74. The number of carbonyl (C=O) groups is 2. The van der Waals surface area contributed by atoms with Gasteiger partial charge in [-0.15, -0.1) is 0 Å². The van der Waals surface area contributed by atoms with E-state index in [-0.39, 0.29) is 5.78 Å². The van der Waals surface area contributed by atoms with Crippen molar-refractivity contribution < 1.29 is 14.3 Å². The van der Waals surface area contributed by atoms with Gasteiger partial charge in [0.25, 0.3) is 0 Å². The van der Waals surface area contributed by atoms with E-state index in [1.807, 2.05) is 42.5 Å². The first-order valence-electron chi connectivity index (χ1n) is 8.24. The number of ketones is 1. The molecule has 0 heterocycles. The van der Waals surface area contributed by atoms with Crippen LogP contribution in [0, 0.1) is 5.92 Å². The molecule has 0 bridgehead atoms. The Labute approximate surface area is 137 Å². The molecule has 0 aliphatic rings. The molecule has 0 amide bonds. The molecule has 0 saturated heterocycles. The van der Waals surface area contributed by atoms with E-state index in [0.29, 0.717) is 12.8 Å². The molecule has 2 aromatic carbocycles. The molecule has 0 saturated carbocycles. The Balaban J connectivity index is 2.22. The number of methoxy groups -OCH3 is 1. The number of hydrogen-bond donors (Lipinski definition) is 0. The van der Waals surface area contributed by atoms with E-state index >= 15 is 0 Å². The fourth-order valence-electron chi connectivity index (χ4n) is 2.88. The molecule has 0 aliphatic carbocycles. The van der Waals surface area contributed by atoms with E-state index in [2.05, 4.69) is 6.92 Å². The second-order valence-electron chi connectivity index (χ2n) is 5.84. The zero-order valence-electron chi connectivity index (χ0n) is 13.9. The minimum Gasteiger partial charge on any atom is -0.468 e. The third-order valence-electron chi connectivity index (χ3n) is 4.21. The first kappa shape index (κ1) is 17.2. The molecule has 1 atom stereocenters. The van der Waals surface area contributed by atoms with Crippen LogP contribution >= 0.6 is 0 Å². The third kappa shape index (κ3) is 4.41.